The van der Waals surface area contributed by atoms with E-state index in [1.807, 2.05) is 11.0 Å². The highest BCUT2D eigenvalue weighted by Crippen LogP contribution is 2.33. The third-order valence-corrected chi connectivity index (χ3v) is 5.54. The Labute approximate surface area is 138 Å². The molecule has 0 saturated carbocycles. The number of amides is 1. The van der Waals surface area contributed by atoms with Crippen LogP contribution >= 0.6 is 54.8 Å². The highest BCUT2D eigenvalue weighted by atomic mass is 79.9. The molecule has 19 heavy (non-hydrogen) atoms. The fourth-order valence-electron chi connectivity index (χ4n) is 2.09. The lowest BCUT2D eigenvalue weighted by Crippen LogP contribution is -2.41. The number of hydrogen-bond donors (Lipinski definition) is 0. The largest absolute Gasteiger partial charge is 0.377 e. The van der Waals surface area contributed by atoms with E-state index in [4.69, 9.17) is 16.3 Å². The predicted molar refractivity (Wildman–Crippen MR) is 85.3 cm³/mol. The molecule has 1 aromatic rings. The van der Waals surface area contributed by atoms with Crippen LogP contribution in [0.5, 0.6) is 0 Å². The summed E-state index contributed by atoms with van der Waals surface area (Å²) in [5, 5.41) is 0. The van der Waals surface area contributed by atoms with E-state index >= 15 is 0 Å². The first-order chi connectivity index (χ1) is 9.11. The van der Waals surface area contributed by atoms with Gasteiger partial charge in [-0.2, -0.15) is 0 Å². The Morgan fingerprint density at radius 1 is 1.47 bits per heavy atom. The standard InChI is InChI=1S/C12H14Br2ClNO2S/c13-10-7-9(11(14)19-10)12(17)16-4-1-8(2-5-16)18-6-3-15/h7-8H,1-6H2. The van der Waals surface area contributed by atoms with Crippen LogP contribution in [0.1, 0.15) is 23.2 Å². The van der Waals surface area contributed by atoms with Crippen molar-refractivity contribution in [2.24, 2.45) is 0 Å². The number of rotatable bonds is 4. The van der Waals surface area contributed by atoms with Crippen LogP contribution < -0.4 is 0 Å². The summed E-state index contributed by atoms with van der Waals surface area (Å²) in [6.07, 6.45) is 2.00. The van der Waals surface area contributed by atoms with Gasteiger partial charge in [-0.15, -0.1) is 22.9 Å². The molecule has 2 heterocycles. The summed E-state index contributed by atoms with van der Waals surface area (Å²) < 4.78 is 7.45. The molecule has 0 aliphatic carbocycles. The highest BCUT2D eigenvalue weighted by Gasteiger charge is 2.25. The Morgan fingerprint density at radius 2 is 2.16 bits per heavy atom. The summed E-state index contributed by atoms with van der Waals surface area (Å²) >= 11 is 14.0. The molecular weight excluding hydrogens is 417 g/mol. The van der Waals surface area contributed by atoms with Crippen LogP contribution in [0.4, 0.5) is 0 Å². The molecule has 1 amide bonds. The van der Waals surface area contributed by atoms with Crippen molar-refractivity contribution >= 4 is 60.7 Å². The number of carbonyl (C=O) groups is 1. The maximum atomic E-state index is 12.4. The Hall–Kier alpha value is 0.380. The van der Waals surface area contributed by atoms with Crippen molar-refractivity contribution in [2.75, 3.05) is 25.6 Å². The quantitative estimate of drug-likeness (QED) is 0.671. The van der Waals surface area contributed by atoms with Crippen molar-refractivity contribution in [3.63, 3.8) is 0 Å². The minimum Gasteiger partial charge on any atom is -0.377 e. The van der Waals surface area contributed by atoms with Gasteiger partial charge in [0.2, 0.25) is 0 Å². The van der Waals surface area contributed by atoms with Gasteiger partial charge in [0.15, 0.2) is 0 Å². The number of carbonyl (C=O) groups excluding carboxylic acids is 1. The van der Waals surface area contributed by atoms with Crippen molar-refractivity contribution in [2.45, 2.75) is 18.9 Å². The van der Waals surface area contributed by atoms with Gasteiger partial charge < -0.3 is 9.64 Å². The summed E-state index contributed by atoms with van der Waals surface area (Å²) in [6, 6.07) is 1.87. The second kappa shape index (κ2) is 7.41. The Balaban J connectivity index is 1.91. The average molecular weight is 432 g/mol. The zero-order valence-electron chi connectivity index (χ0n) is 10.2. The number of hydrogen-bond acceptors (Lipinski definition) is 3. The second-order valence-corrected chi connectivity index (χ2v) is 8.42. The molecule has 0 unspecified atom stereocenters. The number of ether oxygens (including phenoxy) is 1. The average Bonchev–Trinajstić information content (AvgIpc) is 2.75. The third kappa shape index (κ3) is 4.17. The van der Waals surface area contributed by atoms with Crippen LogP contribution in [-0.2, 0) is 4.74 Å². The zero-order valence-corrected chi connectivity index (χ0v) is 14.9. The molecule has 7 heteroatoms. The number of thiophene rings is 1. The van der Waals surface area contributed by atoms with Crippen LogP contribution in [0.25, 0.3) is 0 Å². The molecule has 1 aliphatic heterocycles. The van der Waals surface area contributed by atoms with Crippen molar-refractivity contribution < 1.29 is 9.53 Å². The number of likely N-dealkylation sites (tertiary alicyclic amines) is 1. The molecule has 106 valence electrons. The van der Waals surface area contributed by atoms with Gasteiger partial charge in [0, 0.05) is 19.0 Å². The van der Waals surface area contributed by atoms with Crippen LogP contribution in [0.3, 0.4) is 0 Å². The van der Waals surface area contributed by atoms with E-state index in [2.05, 4.69) is 31.9 Å². The van der Waals surface area contributed by atoms with Crippen molar-refractivity contribution in [1.29, 1.82) is 0 Å². The molecule has 1 fully saturated rings. The van der Waals surface area contributed by atoms with Crippen molar-refractivity contribution in [1.82, 2.24) is 4.90 Å². The molecule has 2 rings (SSSR count). The molecule has 0 aromatic carbocycles. The molecule has 1 aromatic heterocycles. The summed E-state index contributed by atoms with van der Waals surface area (Å²) in [6.45, 7) is 2.07. The number of alkyl halides is 1. The van der Waals surface area contributed by atoms with E-state index in [0.29, 0.717) is 12.5 Å². The molecule has 0 N–H and O–H groups in total. The minimum atomic E-state index is 0.0876. The number of halogens is 3. The first kappa shape index (κ1) is 15.8. The summed E-state index contributed by atoms with van der Waals surface area (Å²) in [4.78, 5) is 14.3. The third-order valence-electron chi connectivity index (χ3n) is 3.05. The molecule has 0 bridgehead atoms. The molecule has 1 saturated heterocycles. The van der Waals surface area contributed by atoms with Crippen molar-refractivity contribution in [3.05, 3.63) is 19.2 Å². The summed E-state index contributed by atoms with van der Waals surface area (Å²) in [7, 11) is 0. The monoisotopic (exact) mass is 429 g/mol. The normalized spacial score (nSPS) is 16.9. The topological polar surface area (TPSA) is 29.5 Å². The van der Waals surface area contributed by atoms with Gasteiger partial charge >= 0.3 is 0 Å². The molecule has 0 atom stereocenters. The van der Waals surface area contributed by atoms with Gasteiger partial charge in [0.1, 0.15) is 0 Å². The van der Waals surface area contributed by atoms with E-state index in [1.54, 1.807) is 0 Å². The van der Waals surface area contributed by atoms with Crippen LogP contribution in [0.15, 0.2) is 13.6 Å². The lowest BCUT2D eigenvalue weighted by Gasteiger charge is -2.31. The van der Waals surface area contributed by atoms with Crippen LogP contribution in [-0.4, -0.2) is 42.5 Å². The molecule has 0 radical (unpaired) electrons. The van der Waals surface area contributed by atoms with E-state index in [0.717, 1.165) is 39.1 Å². The van der Waals surface area contributed by atoms with Gasteiger partial charge in [-0.3, -0.25) is 4.79 Å². The van der Waals surface area contributed by atoms with E-state index in [9.17, 15) is 4.79 Å². The first-order valence-electron chi connectivity index (χ1n) is 6.03. The van der Waals surface area contributed by atoms with Gasteiger partial charge in [0.05, 0.1) is 25.8 Å². The number of piperidine rings is 1. The molecule has 0 spiro atoms. The Morgan fingerprint density at radius 3 is 2.68 bits per heavy atom. The van der Waals surface area contributed by atoms with Crippen molar-refractivity contribution in [3.8, 4) is 0 Å². The van der Waals surface area contributed by atoms with Crippen LogP contribution in [0, 0.1) is 0 Å². The van der Waals surface area contributed by atoms with E-state index in [-0.39, 0.29) is 12.0 Å². The first-order valence-corrected chi connectivity index (χ1v) is 8.97. The lowest BCUT2D eigenvalue weighted by molar-refractivity contribution is 0.0154. The van der Waals surface area contributed by atoms with E-state index < -0.39 is 0 Å². The second-order valence-electron chi connectivity index (χ2n) is 4.29. The maximum absolute atomic E-state index is 12.4. The predicted octanol–water partition coefficient (Wildman–Crippen LogP) is 4.13. The smallest absolute Gasteiger partial charge is 0.255 e. The fourth-order valence-corrected chi connectivity index (χ4v) is 4.96. The zero-order chi connectivity index (χ0) is 13.8. The molecule has 1 aliphatic rings. The van der Waals surface area contributed by atoms with Crippen LogP contribution in [0.2, 0.25) is 0 Å². The highest BCUT2D eigenvalue weighted by molar-refractivity contribution is 9.12. The Bertz CT molecular complexity index is 447. The molecular formula is C12H14Br2ClNO2S. The SMILES string of the molecule is O=C(c1cc(Br)sc1Br)N1CCC(OCCCl)CC1. The maximum Gasteiger partial charge on any atom is 0.255 e. The van der Waals surface area contributed by atoms with Gasteiger partial charge in [-0.25, -0.2) is 0 Å². The summed E-state index contributed by atoms with van der Waals surface area (Å²) in [5.41, 5.74) is 0.733. The summed E-state index contributed by atoms with van der Waals surface area (Å²) in [5.74, 6) is 0.610. The molecule has 3 nitrogen and oxygen atoms in total. The minimum absolute atomic E-state index is 0.0876. The fraction of sp³-hybridized carbons (Fsp3) is 0.583. The number of nitrogens with zero attached hydrogens (tertiary/aromatic N) is 1. The van der Waals surface area contributed by atoms with E-state index in [1.165, 1.54) is 11.3 Å². The van der Waals surface area contributed by atoms with Gasteiger partial charge in [0.25, 0.3) is 5.91 Å². The lowest BCUT2D eigenvalue weighted by atomic mass is 10.1. The van der Waals surface area contributed by atoms with Gasteiger partial charge in [-0.1, -0.05) is 0 Å². The Kier molecular flexibility index (Phi) is 6.14. The van der Waals surface area contributed by atoms with Gasteiger partial charge in [-0.05, 0) is 50.8 Å².